The summed E-state index contributed by atoms with van der Waals surface area (Å²) in [4.78, 5) is 0. The topological polar surface area (TPSA) is 66.4 Å². The van der Waals surface area contributed by atoms with E-state index in [4.69, 9.17) is 0 Å². The van der Waals surface area contributed by atoms with Gasteiger partial charge in [0, 0.05) is 5.92 Å². The Hall–Kier alpha value is 1.25. The standard InChI is InChI=1S/C25H50O4S.K/c1-3-5-7-9-11-13-14-15-17-19-21-23-25(24-29-30(26,27)28)22-20-18-16-12-10-8-6-4-2;/h21,23,25H,3-20,22,24H2,1-2H3,(H,26,27,28);/q;+1/p-1/b23-21+;. The second-order valence-electron chi connectivity index (χ2n) is 8.76. The molecule has 0 aliphatic rings. The Labute approximate surface area is 237 Å². The van der Waals surface area contributed by atoms with E-state index in [9.17, 15) is 13.0 Å². The molecule has 0 amide bonds. The van der Waals surface area contributed by atoms with E-state index < -0.39 is 10.4 Å². The molecule has 0 aromatic carbocycles. The maximum atomic E-state index is 10.8. The predicted octanol–water partition coefficient (Wildman–Crippen LogP) is 5.09. The molecule has 4 nitrogen and oxygen atoms in total. The molecule has 0 rings (SSSR count). The molecular formula is C25H49KO4S. The van der Waals surface area contributed by atoms with Gasteiger partial charge in [0.05, 0.1) is 6.61 Å². The van der Waals surface area contributed by atoms with Crippen LogP contribution in [0.2, 0.25) is 0 Å². The van der Waals surface area contributed by atoms with Crippen molar-refractivity contribution < 1.29 is 68.5 Å². The van der Waals surface area contributed by atoms with E-state index in [1.807, 2.05) is 0 Å². The molecule has 180 valence electrons. The van der Waals surface area contributed by atoms with Crippen molar-refractivity contribution in [3.63, 3.8) is 0 Å². The molecule has 6 heteroatoms. The normalized spacial score (nSPS) is 12.9. The summed E-state index contributed by atoms with van der Waals surface area (Å²) in [5.41, 5.74) is 0. The fourth-order valence-electron chi connectivity index (χ4n) is 3.81. The van der Waals surface area contributed by atoms with Crippen molar-refractivity contribution in [2.45, 2.75) is 136 Å². The summed E-state index contributed by atoms with van der Waals surface area (Å²) in [5.74, 6) is 0.0207. The Morgan fingerprint density at radius 2 is 1.13 bits per heavy atom. The van der Waals surface area contributed by atoms with Crippen LogP contribution in [0.1, 0.15) is 136 Å². The van der Waals surface area contributed by atoms with Crippen LogP contribution in [0.25, 0.3) is 0 Å². The van der Waals surface area contributed by atoms with Crippen LogP contribution in [-0.4, -0.2) is 19.6 Å². The van der Waals surface area contributed by atoms with Gasteiger partial charge in [0.1, 0.15) is 0 Å². The Morgan fingerprint density at radius 1 is 0.710 bits per heavy atom. The van der Waals surface area contributed by atoms with Crippen LogP contribution in [0.3, 0.4) is 0 Å². The second kappa shape index (κ2) is 25.9. The number of rotatable bonds is 23. The summed E-state index contributed by atoms with van der Waals surface area (Å²) in [7, 11) is -4.61. The van der Waals surface area contributed by atoms with Crippen LogP contribution >= 0.6 is 0 Å². The van der Waals surface area contributed by atoms with Crippen molar-refractivity contribution >= 4 is 10.4 Å². The minimum absolute atomic E-state index is 0. The molecule has 0 radical (unpaired) electrons. The molecule has 0 aromatic rings. The van der Waals surface area contributed by atoms with Gasteiger partial charge in [0.15, 0.2) is 0 Å². The molecule has 0 aliphatic heterocycles. The summed E-state index contributed by atoms with van der Waals surface area (Å²) in [6, 6.07) is 0. The van der Waals surface area contributed by atoms with Gasteiger partial charge in [0.25, 0.3) is 0 Å². The number of allylic oxidation sites excluding steroid dienone is 1. The molecule has 0 N–H and O–H groups in total. The quantitative estimate of drug-likeness (QED) is 0.0666. The third-order valence-corrected chi connectivity index (χ3v) is 6.16. The first kappa shape index (κ1) is 34.4. The number of hydrogen-bond acceptors (Lipinski definition) is 4. The first-order chi connectivity index (χ1) is 14.5. The first-order valence-corrected chi connectivity index (χ1v) is 14.1. The zero-order chi connectivity index (χ0) is 22.3. The molecule has 0 heterocycles. The summed E-state index contributed by atoms with van der Waals surface area (Å²) in [6.45, 7) is 4.46. The molecule has 0 spiro atoms. The summed E-state index contributed by atoms with van der Waals surface area (Å²) in [5, 5.41) is 0. The maximum absolute atomic E-state index is 10.8. The largest absolute Gasteiger partial charge is 1.00 e. The van der Waals surface area contributed by atoms with E-state index in [0.29, 0.717) is 0 Å². The summed E-state index contributed by atoms with van der Waals surface area (Å²) >= 11 is 0. The van der Waals surface area contributed by atoms with Gasteiger partial charge in [0.2, 0.25) is 10.4 Å². The van der Waals surface area contributed by atoms with Gasteiger partial charge in [-0.2, -0.15) is 0 Å². The Balaban J connectivity index is 0. The monoisotopic (exact) mass is 484 g/mol. The molecule has 1 unspecified atom stereocenters. The molecule has 0 aromatic heterocycles. The van der Waals surface area contributed by atoms with Crippen LogP contribution in [0.4, 0.5) is 0 Å². The van der Waals surface area contributed by atoms with Crippen molar-refractivity contribution in [3.05, 3.63) is 12.2 Å². The first-order valence-electron chi connectivity index (χ1n) is 12.8. The Kier molecular flexibility index (Phi) is 28.7. The molecule has 0 saturated carbocycles. The minimum Gasteiger partial charge on any atom is -0.726 e. The molecule has 0 saturated heterocycles. The van der Waals surface area contributed by atoms with Gasteiger partial charge in [-0.1, -0.05) is 129 Å². The number of unbranched alkanes of at least 4 members (excludes halogenated alkanes) is 16. The van der Waals surface area contributed by atoms with Crippen molar-refractivity contribution in [2.24, 2.45) is 5.92 Å². The van der Waals surface area contributed by atoms with Gasteiger partial charge >= 0.3 is 51.4 Å². The van der Waals surface area contributed by atoms with Crippen molar-refractivity contribution in [1.82, 2.24) is 0 Å². The van der Waals surface area contributed by atoms with E-state index >= 15 is 0 Å². The SMILES string of the molecule is CCCCCCCCCCC/C=C/C(CCCCCCCCCC)COS(=O)(=O)[O-].[K+]. The van der Waals surface area contributed by atoms with Gasteiger partial charge < -0.3 is 4.55 Å². The van der Waals surface area contributed by atoms with Crippen LogP contribution in [-0.2, 0) is 14.6 Å². The van der Waals surface area contributed by atoms with E-state index in [0.717, 1.165) is 19.3 Å². The van der Waals surface area contributed by atoms with E-state index in [1.54, 1.807) is 0 Å². The van der Waals surface area contributed by atoms with E-state index in [1.165, 1.54) is 103 Å². The smallest absolute Gasteiger partial charge is 0.726 e. The zero-order valence-corrected chi connectivity index (χ0v) is 24.9. The van der Waals surface area contributed by atoms with Crippen molar-refractivity contribution in [2.75, 3.05) is 6.61 Å². The van der Waals surface area contributed by atoms with Gasteiger partial charge in [-0.25, -0.2) is 8.42 Å². The molecule has 0 fully saturated rings. The molecule has 0 aliphatic carbocycles. The molecule has 31 heavy (non-hydrogen) atoms. The van der Waals surface area contributed by atoms with Crippen LogP contribution in [0.15, 0.2) is 12.2 Å². The molecule has 0 bridgehead atoms. The fraction of sp³-hybridized carbons (Fsp3) is 0.920. The zero-order valence-electron chi connectivity index (χ0n) is 20.9. The summed E-state index contributed by atoms with van der Waals surface area (Å²) < 4.78 is 36.9. The van der Waals surface area contributed by atoms with E-state index in [2.05, 4.69) is 30.2 Å². The second-order valence-corrected chi connectivity index (χ2v) is 9.81. The van der Waals surface area contributed by atoms with Crippen molar-refractivity contribution in [1.29, 1.82) is 0 Å². The summed E-state index contributed by atoms with van der Waals surface area (Å²) in [6.07, 6.45) is 28.0. The Bertz CT molecular complexity index is 480. The van der Waals surface area contributed by atoms with E-state index in [-0.39, 0.29) is 63.9 Å². The minimum atomic E-state index is -4.61. The van der Waals surface area contributed by atoms with Crippen molar-refractivity contribution in [3.8, 4) is 0 Å². The van der Waals surface area contributed by atoms with Crippen LogP contribution < -0.4 is 51.4 Å². The van der Waals surface area contributed by atoms with Gasteiger partial charge in [-0.3, -0.25) is 4.18 Å². The predicted molar refractivity (Wildman–Crippen MR) is 127 cm³/mol. The van der Waals surface area contributed by atoms with Gasteiger partial charge in [-0.15, -0.1) is 0 Å². The third kappa shape index (κ3) is 29.2. The molecule has 1 atom stereocenters. The molecular weight excluding hydrogens is 435 g/mol. The van der Waals surface area contributed by atoms with Gasteiger partial charge in [-0.05, 0) is 19.3 Å². The number of hydrogen-bond donors (Lipinski definition) is 0. The third-order valence-electron chi connectivity index (χ3n) is 5.74. The fourth-order valence-corrected chi connectivity index (χ4v) is 4.15. The van der Waals surface area contributed by atoms with Crippen LogP contribution in [0.5, 0.6) is 0 Å². The average molecular weight is 485 g/mol. The Morgan fingerprint density at radius 3 is 1.58 bits per heavy atom. The van der Waals surface area contributed by atoms with Crippen LogP contribution in [0, 0.1) is 5.92 Å². The maximum Gasteiger partial charge on any atom is 1.00 e. The average Bonchev–Trinajstić information content (AvgIpc) is 2.70.